The largest absolute Gasteiger partial charge is 0.489 e. The van der Waals surface area contributed by atoms with Crippen LogP contribution in [0.3, 0.4) is 0 Å². The van der Waals surface area contributed by atoms with E-state index in [2.05, 4.69) is 0 Å². The van der Waals surface area contributed by atoms with Gasteiger partial charge in [0, 0.05) is 10.8 Å². The van der Waals surface area contributed by atoms with Crippen molar-refractivity contribution in [3.8, 4) is 11.5 Å². The van der Waals surface area contributed by atoms with E-state index >= 15 is 0 Å². The predicted octanol–water partition coefficient (Wildman–Crippen LogP) is 7.67. The molecule has 0 aliphatic heterocycles. The minimum atomic E-state index is -0.663. The van der Waals surface area contributed by atoms with E-state index < -0.39 is 10.8 Å². The Labute approximate surface area is 214 Å². The molecule has 4 aromatic carbocycles. The molecule has 0 aliphatic carbocycles. The van der Waals surface area contributed by atoms with E-state index in [0.29, 0.717) is 13.2 Å². The number of carbonyl (C=O) groups excluding carboxylic acids is 1. The summed E-state index contributed by atoms with van der Waals surface area (Å²) in [7, 11) is 0. The average Bonchev–Trinajstić information content (AvgIpc) is 2.92. The van der Waals surface area contributed by atoms with Crippen molar-refractivity contribution in [2.75, 3.05) is 0 Å². The standard InChI is InChI=1S/C33H34O3/c1-32(2,27-15-19-29(20-16-27)35-23-25-11-7-5-8-12-25)31(34)33(3,4)28-17-21-30(22-18-28)36-24-26-13-9-6-10-14-26/h5-22H,23-24H2,1-4H3. The maximum atomic E-state index is 13.8. The van der Waals surface area contributed by atoms with Crippen molar-refractivity contribution in [2.45, 2.75) is 51.7 Å². The molecular weight excluding hydrogens is 444 g/mol. The van der Waals surface area contributed by atoms with Crippen LogP contribution in [0.15, 0.2) is 109 Å². The van der Waals surface area contributed by atoms with Crippen LogP contribution in [0.5, 0.6) is 11.5 Å². The van der Waals surface area contributed by atoms with Gasteiger partial charge in [-0.1, -0.05) is 84.9 Å². The summed E-state index contributed by atoms with van der Waals surface area (Å²) in [5.41, 5.74) is 2.85. The predicted molar refractivity (Wildman–Crippen MR) is 145 cm³/mol. The molecule has 0 unspecified atom stereocenters. The summed E-state index contributed by atoms with van der Waals surface area (Å²) < 4.78 is 11.8. The van der Waals surface area contributed by atoms with E-state index in [0.717, 1.165) is 33.8 Å². The highest BCUT2D eigenvalue weighted by atomic mass is 16.5. The third kappa shape index (κ3) is 5.85. The molecule has 0 aromatic heterocycles. The van der Waals surface area contributed by atoms with Crippen LogP contribution in [-0.4, -0.2) is 5.78 Å². The van der Waals surface area contributed by atoms with Gasteiger partial charge in [0.2, 0.25) is 0 Å². The Morgan fingerprint density at radius 3 is 1.19 bits per heavy atom. The van der Waals surface area contributed by atoms with E-state index in [1.54, 1.807) is 0 Å². The van der Waals surface area contributed by atoms with Crippen molar-refractivity contribution < 1.29 is 14.3 Å². The lowest BCUT2D eigenvalue weighted by Crippen LogP contribution is -2.42. The molecule has 0 atom stereocenters. The van der Waals surface area contributed by atoms with Gasteiger partial charge in [-0.3, -0.25) is 4.79 Å². The van der Waals surface area contributed by atoms with Crippen molar-refractivity contribution in [3.05, 3.63) is 131 Å². The number of hydrogen-bond donors (Lipinski definition) is 0. The molecule has 0 amide bonds. The third-order valence-corrected chi connectivity index (χ3v) is 6.78. The Balaban J connectivity index is 1.42. The molecule has 0 bridgehead atoms. The molecule has 0 saturated carbocycles. The van der Waals surface area contributed by atoms with E-state index in [1.807, 2.05) is 137 Å². The highest BCUT2D eigenvalue weighted by molar-refractivity contribution is 5.97. The molecule has 0 radical (unpaired) electrons. The lowest BCUT2D eigenvalue weighted by molar-refractivity contribution is -0.128. The van der Waals surface area contributed by atoms with Crippen LogP contribution in [0.25, 0.3) is 0 Å². The summed E-state index contributed by atoms with van der Waals surface area (Å²) in [6.45, 7) is 9.01. The SMILES string of the molecule is CC(C)(C(=O)C(C)(C)c1ccc(OCc2ccccc2)cc1)c1ccc(OCc2ccccc2)cc1. The van der Waals surface area contributed by atoms with Gasteiger partial charge < -0.3 is 9.47 Å². The summed E-state index contributed by atoms with van der Waals surface area (Å²) >= 11 is 0. The Hall–Kier alpha value is -3.85. The monoisotopic (exact) mass is 478 g/mol. The first-order valence-electron chi connectivity index (χ1n) is 12.4. The summed E-state index contributed by atoms with van der Waals surface area (Å²) in [5.74, 6) is 1.73. The summed E-state index contributed by atoms with van der Waals surface area (Å²) in [5, 5.41) is 0. The van der Waals surface area contributed by atoms with E-state index in [1.165, 1.54) is 0 Å². The lowest BCUT2D eigenvalue weighted by Gasteiger charge is -2.34. The normalized spacial score (nSPS) is 11.7. The van der Waals surface area contributed by atoms with Crippen molar-refractivity contribution in [2.24, 2.45) is 0 Å². The fraction of sp³-hybridized carbons (Fsp3) is 0.242. The topological polar surface area (TPSA) is 35.5 Å². The first kappa shape index (κ1) is 25.2. The van der Waals surface area contributed by atoms with E-state index in [-0.39, 0.29) is 5.78 Å². The molecule has 3 nitrogen and oxygen atoms in total. The van der Waals surface area contributed by atoms with E-state index in [9.17, 15) is 4.79 Å². The van der Waals surface area contributed by atoms with Crippen LogP contribution in [0.1, 0.15) is 49.9 Å². The van der Waals surface area contributed by atoms with Gasteiger partial charge in [-0.2, -0.15) is 0 Å². The summed E-state index contributed by atoms with van der Waals surface area (Å²) in [6.07, 6.45) is 0. The number of ketones is 1. The van der Waals surface area contributed by atoms with Crippen LogP contribution < -0.4 is 9.47 Å². The summed E-state index contributed by atoms with van der Waals surface area (Å²) in [6, 6.07) is 35.9. The van der Waals surface area contributed by atoms with Crippen molar-refractivity contribution in [1.82, 2.24) is 0 Å². The van der Waals surface area contributed by atoms with Crippen LogP contribution in [0.2, 0.25) is 0 Å². The number of hydrogen-bond acceptors (Lipinski definition) is 3. The van der Waals surface area contributed by atoms with Gasteiger partial charge in [0.15, 0.2) is 5.78 Å². The van der Waals surface area contributed by atoms with Crippen LogP contribution in [-0.2, 0) is 28.8 Å². The van der Waals surface area contributed by atoms with Crippen molar-refractivity contribution in [1.29, 1.82) is 0 Å². The van der Waals surface area contributed by atoms with Gasteiger partial charge in [-0.15, -0.1) is 0 Å². The molecular formula is C33H34O3. The first-order valence-corrected chi connectivity index (χ1v) is 12.4. The van der Waals surface area contributed by atoms with Gasteiger partial charge in [0.05, 0.1) is 0 Å². The average molecular weight is 479 g/mol. The number of rotatable bonds is 10. The van der Waals surface area contributed by atoms with E-state index in [4.69, 9.17) is 9.47 Å². The van der Waals surface area contributed by atoms with Crippen molar-refractivity contribution in [3.63, 3.8) is 0 Å². The fourth-order valence-corrected chi connectivity index (χ4v) is 4.46. The fourth-order valence-electron chi connectivity index (χ4n) is 4.46. The molecule has 4 rings (SSSR count). The van der Waals surface area contributed by atoms with Crippen LogP contribution in [0.4, 0.5) is 0 Å². The van der Waals surface area contributed by atoms with Gasteiger partial charge in [-0.05, 0) is 74.2 Å². The lowest BCUT2D eigenvalue weighted by atomic mass is 9.67. The minimum Gasteiger partial charge on any atom is -0.489 e. The zero-order valence-corrected chi connectivity index (χ0v) is 21.5. The molecule has 0 heterocycles. The maximum absolute atomic E-state index is 13.8. The Bertz CT molecular complexity index is 1160. The van der Waals surface area contributed by atoms with Crippen molar-refractivity contribution >= 4 is 5.78 Å². The second-order valence-electron chi connectivity index (χ2n) is 10.2. The molecule has 0 fully saturated rings. The van der Waals surface area contributed by atoms with Gasteiger partial charge in [-0.25, -0.2) is 0 Å². The molecule has 0 saturated heterocycles. The number of carbonyl (C=O) groups is 1. The Kier molecular flexibility index (Phi) is 7.59. The third-order valence-electron chi connectivity index (χ3n) is 6.78. The molecule has 184 valence electrons. The number of Topliss-reactive ketones (excluding diaryl/α,β-unsaturated/α-hetero) is 1. The highest BCUT2D eigenvalue weighted by Gasteiger charge is 2.41. The number of ether oxygens (including phenoxy) is 2. The van der Waals surface area contributed by atoms with Gasteiger partial charge in [0.25, 0.3) is 0 Å². The molecule has 4 aromatic rings. The zero-order valence-electron chi connectivity index (χ0n) is 21.5. The molecule has 36 heavy (non-hydrogen) atoms. The highest BCUT2D eigenvalue weighted by Crippen LogP contribution is 2.36. The Morgan fingerprint density at radius 1 is 0.528 bits per heavy atom. The molecule has 0 spiro atoms. The quantitative estimate of drug-likeness (QED) is 0.235. The first-order chi connectivity index (χ1) is 17.3. The minimum absolute atomic E-state index is 0.158. The smallest absolute Gasteiger partial charge is 0.152 e. The molecule has 0 aliphatic rings. The summed E-state index contributed by atoms with van der Waals surface area (Å²) in [4.78, 5) is 13.8. The second-order valence-corrected chi connectivity index (χ2v) is 10.2. The number of benzene rings is 4. The molecule has 3 heteroatoms. The second kappa shape index (κ2) is 10.8. The van der Waals surface area contributed by atoms with Crippen LogP contribution >= 0.6 is 0 Å². The zero-order chi connectivity index (χ0) is 25.6. The Morgan fingerprint density at radius 2 is 0.861 bits per heavy atom. The van der Waals surface area contributed by atoms with Gasteiger partial charge >= 0.3 is 0 Å². The van der Waals surface area contributed by atoms with Crippen LogP contribution in [0, 0.1) is 0 Å². The maximum Gasteiger partial charge on any atom is 0.152 e. The van der Waals surface area contributed by atoms with Gasteiger partial charge in [0.1, 0.15) is 24.7 Å². The molecule has 0 N–H and O–H groups in total.